The zero-order chi connectivity index (χ0) is 19.1. The van der Waals surface area contributed by atoms with Crippen LogP contribution in [0.1, 0.15) is 28.8 Å². The van der Waals surface area contributed by atoms with E-state index in [1.54, 1.807) is 26.1 Å². The van der Waals surface area contributed by atoms with Gasteiger partial charge in [0.25, 0.3) is 5.56 Å². The Kier molecular flexibility index (Phi) is 6.75. The fraction of sp³-hybridized carbons (Fsp3) is 0.333. The highest BCUT2D eigenvalue weighted by Gasteiger charge is 2.13. The summed E-state index contributed by atoms with van der Waals surface area (Å²) >= 11 is 5.81. The second kappa shape index (κ2) is 9.02. The second-order valence-corrected chi connectivity index (χ2v) is 6.14. The van der Waals surface area contributed by atoms with Gasteiger partial charge < -0.3 is 15.0 Å². The molecule has 0 aromatic carbocycles. The zero-order valence-corrected chi connectivity index (χ0v) is 15.3. The summed E-state index contributed by atoms with van der Waals surface area (Å²) in [4.78, 5) is 30.3. The third kappa shape index (κ3) is 5.07. The summed E-state index contributed by atoms with van der Waals surface area (Å²) in [5, 5.41) is 12.3. The topological polar surface area (TPSA) is 108 Å². The van der Waals surface area contributed by atoms with Crippen LogP contribution in [0.4, 0.5) is 0 Å². The SMILES string of the molecule is Cc1[nH]c(=O)c(C#N)c(C)c1CCC(=O)NCCOc1cncc(Cl)c1. The molecule has 0 aliphatic heterocycles. The fourth-order valence-electron chi connectivity index (χ4n) is 2.58. The van der Waals surface area contributed by atoms with E-state index in [-0.39, 0.29) is 17.9 Å². The van der Waals surface area contributed by atoms with Crippen molar-refractivity contribution in [3.63, 3.8) is 0 Å². The molecule has 0 aliphatic carbocycles. The van der Waals surface area contributed by atoms with Gasteiger partial charge in [-0.3, -0.25) is 14.6 Å². The normalized spacial score (nSPS) is 10.2. The number of aromatic nitrogens is 2. The van der Waals surface area contributed by atoms with Crippen molar-refractivity contribution < 1.29 is 9.53 Å². The van der Waals surface area contributed by atoms with Crippen LogP contribution < -0.4 is 15.6 Å². The fourth-order valence-corrected chi connectivity index (χ4v) is 2.74. The molecule has 0 saturated heterocycles. The number of pyridine rings is 2. The number of aromatic amines is 1. The van der Waals surface area contributed by atoms with Crippen molar-refractivity contribution in [1.29, 1.82) is 5.26 Å². The highest BCUT2D eigenvalue weighted by molar-refractivity contribution is 6.30. The van der Waals surface area contributed by atoms with Crippen molar-refractivity contribution in [3.8, 4) is 11.8 Å². The average Bonchev–Trinajstić information content (AvgIpc) is 2.58. The van der Waals surface area contributed by atoms with Gasteiger partial charge in [-0.25, -0.2) is 0 Å². The predicted molar refractivity (Wildman–Crippen MR) is 97.3 cm³/mol. The molecule has 2 aromatic rings. The molecular weight excluding hydrogens is 356 g/mol. The number of nitrogens with zero attached hydrogens (tertiary/aromatic N) is 2. The van der Waals surface area contributed by atoms with Gasteiger partial charge in [0.05, 0.1) is 17.8 Å². The number of hydrogen-bond donors (Lipinski definition) is 2. The van der Waals surface area contributed by atoms with E-state index in [1.807, 2.05) is 6.07 Å². The molecule has 136 valence electrons. The van der Waals surface area contributed by atoms with Crippen molar-refractivity contribution in [3.05, 3.63) is 56.2 Å². The summed E-state index contributed by atoms with van der Waals surface area (Å²) in [5.74, 6) is 0.400. The molecule has 0 bridgehead atoms. The van der Waals surface area contributed by atoms with Gasteiger partial charge in [0.1, 0.15) is 24.0 Å². The molecule has 0 radical (unpaired) electrons. The number of H-pyrrole nitrogens is 1. The van der Waals surface area contributed by atoms with Gasteiger partial charge >= 0.3 is 0 Å². The molecule has 26 heavy (non-hydrogen) atoms. The molecular formula is C18H19ClN4O3. The number of halogens is 1. The maximum atomic E-state index is 12.0. The standard InChI is InChI=1S/C18H19ClN4O3/c1-11-15(12(2)23-18(25)16(11)8-20)3-4-17(24)22-5-6-26-14-7-13(19)9-21-10-14/h7,9-10H,3-6H2,1-2H3,(H,22,24)(H,23,25). The van der Waals surface area contributed by atoms with E-state index in [2.05, 4.69) is 15.3 Å². The summed E-state index contributed by atoms with van der Waals surface area (Å²) in [6, 6.07) is 3.55. The molecule has 2 heterocycles. The van der Waals surface area contributed by atoms with E-state index in [0.29, 0.717) is 41.6 Å². The van der Waals surface area contributed by atoms with Gasteiger partial charge in [-0.2, -0.15) is 5.26 Å². The van der Waals surface area contributed by atoms with Gasteiger partial charge in [-0.15, -0.1) is 0 Å². The maximum Gasteiger partial charge on any atom is 0.266 e. The first-order valence-corrected chi connectivity index (χ1v) is 8.42. The van der Waals surface area contributed by atoms with E-state index in [9.17, 15) is 9.59 Å². The lowest BCUT2D eigenvalue weighted by molar-refractivity contribution is -0.121. The lowest BCUT2D eigenvalue weighted by atomic mass is 9.99. The van der Waals surface area contributed by atoms with E-state index in [1.165, 1.54) is 6.20 Å². The molecule has 2 rings (SSSR count). The van der Waals surface area contributed by atoms with E-state index in [4.69, 9.17) is 21.6 Å². The number of nitrogens with one attached hydrogen (secondary N) is 2. The lowest BCUT2D eigenvalue weighted by Crippen LogP contribution is -2.28. The number of amides is 1. The molecule has 2 N–H and O–H groups in total. The summed E-state index contributed by atoms with van der Waals surface area (Å²) in [6.07, 6.45) is 3.74. The average molecular weight is 375 g/mol. The number of rotatable bonds is 7. The molecule has 0 atom stereocenters. The van der Waals surface area contributed by atoms with Crippen molar-refractivity contribution in [2.75, 3.05) is 13.2 Å². The van der Waals surface area contributed by atoms with Crippen LogP contribution in [0.3, 0.4) is 0 Å². The van der Waals surface area contributed by atoms with Gasteiger partial charge in [-0.05, 0) is 31.4 Å². The Bertz CT molecular complexity index is 902. The zero-order valence-electron chi connectivity index (χ0n) is 14.6. The Hall–Kier alpha value is -2.85. The summed E-state index contributed by atoms with van der Waals surface area (Å²) < 4.78 is 5.44. The summed E-state index contributed by atoms with van der Waals surface area (Å²) in [7, 11) is 0. The molecule has 0 saturated carbocycles. The third-order valence-electron chi connectivity index (χ3n) is 3.90. The van der Waals surface area contributed by atoms with Crippen LogP contribution in [0.5, 0.6) is 5.75 Å². The van der Waals surface area contributed by atoms with Crippen molar-refractivity contribution in [1.82, 2.24) is 15.3 Å². The monoisotopic (exact) mass is 374 g/mol. The Morgan fingerprint density at radius 1 is 1.42 bits per heavy atom. The number of ether oxygens (including phenoxy) is 1. The minimum atomic E-state index is -0.400. The molecule has 0 aliphatic rings. The van der Waals surface area contributed by atoms with Gasteiger partial charge in [-0.1, -0.05) is 11.6 Å². The highest BCUT2D eigenvalue weighted by atomic mass is 35.5. The Labute approximate surface area is 156 Å². The van der Waals surface area contributed by atoms with Crippen molar-refractivity contribution in [2.45, 2.75) is 26.7 Å². The number of carbonyl (C=O) groups is 1. The molecule has 2 aromatic heterocycles. The third-order valence-corrected chi connectivity index (χ3v) is 4.10. The Morgan fingerprint density at radius 2 is 2.19 bits per heavy atom. The first-order valence-electron chi connectivity index (χ1n) is 8.05. The first-order chi connectivity index (χ1) is 12.4. The van der Waals surface area contributed by atoms with Crippen LogP contribution in [-0.2, 0) is 11.2 Å². The van der Waals surface area contributed by atoms with Crippen LogP contribution in [0.2, 0.25) is 5.02 Å². The molecule has 0 spiro atoms. The molecule has 7 nitrogen and oxygen atoms in total. The van der Waals surface area contributed by atoms with Crippen LogP contribution in [0.15, 0.2) is 23.3 Å². The number of carbonyl (C=O) groups excluding carboxylic acids is 1. The van der Waals surface area contributed by atoms with Crippen LogP contribution in [-0.4, -0.2) is 29.0 Å². The van der Waals surface area contributed by atoms with E-state index < -0.39 is 5.56 Å². The van der Waals surface area contributed by atoms with Crippen LogP contribution >= 0.6 is 11.6 Å². The second-order valence-electron chi connectivity index (χ2n) is 5.71. The van der Waals surface area contributed by atoms with Gasteiger partial charge in [0, 0.05) is 24.4 Å². The van der Waals surface area contributed by atoms with Crippen molar-refractivity contribution >= 4 is 17.5 Å². The number of aryl methyl sites for hydroxylation is 1. The highest BCUT2D eigenvalue weighted by Crippen LogP contribution is 2.15. The predicted octanol–water partition coefficient (Wildman–Crippen LogP) is 2.04. The summed E-state index contributed by atoms with van der Waals surface area (Å²) in [6.45, 7) is 4.12. The Balaban J connectivity index is 1.82. The van der Waals surface area contributed by atoms with E-state index >= 15 is 0 Å². The van der Waals surface area contributed by atoms with E-state index in [0.717, 1.165) is 5.56 Å². The molecule has 1 amide bonds. The number of nitriles is 1. The van der Waals surface area contributed by atoms with Gasteiger partial charge in [0.2, 0.25) is 5.91 Å². The minimum absolute atomic E-state index is 0.0922. The quantitative estimate of drug-likeness (QED) is 0.721. The lowest BCUT2D eigenvalue weighted by Gasteiger charge is -2.11. The summed E-state index contributed by atoms with van der Waals surface area (Å²) in [5.41, 5.74) is 1.81. The largest absolute Gasteiger partial charge is 0.490 e. The number of hydrogen-bond acceptors (Lipinski definition) is 5. The Morgan fingerprint density at radius 3 is 2.88 bits per heavy atom. The maximum absolute atomic E-state index is 12.0. The minimum Gasteiger partial charge on any atom is -0.490 e. The van der Waals surface area contributed by atoms with Crippen LogP contribution in [0, 0.1) is 25.2 Å². The first kappa shape index (κ1) is 19.5. The molecule has 0 fully saturated rings. The molecule has 8 heteroatoms. The smallest absolute Gasteiger partial charge is 0.266 e. The van der Waals surface area contributed by atoms with Crippen molar-refractivity contribution in [2.24, 2.45) is 0 Å². The molecule has 0 unspecified atom stereocenters. The van der Waals surface area contributed by atoms with Crippen LogP contribution in [0.25, 0.3) is 0 Å². The van der Waals surface area contributed by atoms with Gasteiger partial charge in [0.15, 0.2) is 0 Å².